The monoisotopic (exact) mass is 447 g/mol. The minimum absolute atomic E-state index is 0.0382. The molecule has 1 aromatic carbocycles. The summed E-state index contributed by atoms with van der Waals surface area (Å²) in [5, 5.41) is 4.47. The first-order valence-electron chi connectivity index (χ1n) is 11.9. The van der Waals surface area contributed by atoms with Gasteiger partial charge in [0.15, 0.2) is 0 Å². The molecule has 0 aliphatic carbocycles. The van der Waals surface area contributed by atoms with Gasteiger partial charge in [-0.05, 0) is 64.0 Å². The number of nitrogens with one attached hydrogen (secondary N) is 2. The van der Waals surface area contributed by atoms with E-state index in [4.69, 9.17) is 4.74 Å². The Labute approximate surface area is 188 Å². The number of hydrogen-bond acceptors (Lipinski definition) is 3. The van der Waals surface area contributed by atoms with Crippen LogP contribution in [0, 0.1) is 17.6 Å². The van der Waals surface area contributed by atoms with Crippen molar-refractivity contribution in [2.45, 2.75) is 83.9 Å². The first-order valence-corrected chi connectivity index (χ1v) is 11.9. The predicted molar refractivity (Wildman–Crippen MR) is 122 cm³/mol. The van der Waals surface area contributed by atoms with Crippen molar-refractivity contribution >= 4 is 17.0 Å². The number of H-pyrrole nitrogens is 1. The lowest BCUT2D eigenvalue weighted by atomic mass is 9.81. The average Bonchev–Trinajstić information content (AvgIpc) is 3.09. The van der Waals surface area contributed by atoms with E-state index in [2.05, 4.69) is 17.2 Å². The maximum Gasteiger partial charge on any atom is 0.410 e. The van der Waals surface area contributed by atoms with E-state index >= 15 is 0 Å². The summed E-state index contributed by atoms with van der Waals surface area (Å²) < 4.78 is 34.1. The molecule has 1 fully saturated rings. The number of fused-ring (bicyclic) bond motifs is 3. The summed E-state index contributed by atoms with van der Waals surface area (Å²) in [7, 11) is 0. The molecule has 2 aromatic rings. The van der Waals surface area contributed by atoms with Crippen LogP contribution in [0.4, 0.5) is 13.6 Å². The van der Waals surface area contributed by atoms with Crippen molar-refractivity contribution in [2.75, 3.05) is 13.1 Å². The Morgan fingerprint density at radius 3 is 2.59 bits per heavy atom. The minimum Gasteiger partial charge on any atom is -0.444 e. The van der Waals surface area contributed by atoms with Crippen LogP contribution in [0.15, 0.2) is 12.1 Å². The third kappa shape index (κ3) is 4.77. The summed E-state index contributed by atoms with van der Waals surface area (Å²) in [5.74, 6) is -0.779. The number of rotatable bonds is 4. The second-order valence-corrected chi connectivity index (χ2v) is 10.3. The number of piperidine rings is 1. The number of carbonyl (C=O) groups is 1. The van der Waals surface area contributed by atoms with E-state index in [1.807, 2.05) is 20.8 Å². The Morgan fingerprint density at radius 1 is 1.22 bits per heavy atom. The van der Waals surface area contributed by atoms with Gasteiger partial charge < -0.3 is 19.9 Å². The fourth-order valence-electron chi connectivity index (χ4n) is 5.17. The highest BCUT2D eigenvalue weighted by Crippen LogP contribution is 2.40. The van der Waals surface area contributed by atoms with Crippen LogP contribution < -0.4 is 5.32 Å². The lowest BCUT2D eigenvalue weighted by Crippen LogP contribution is -2.47. The molecule has 2 aliphatic heterocycles. The molecule has 1 aromatic heterocycles. The fraction of sp³-hybridized carbons (Fsp3) is 0.640. The molecule has 2 N–H and O–H groups in total. The van der Waals surface area contributed by atoms with E-state index in [1.165, 1.54) is 6.07 Å². The average molecular weight is 448 g/mol. The number of benzene rings is 1. The zero-order chi connectivity index (χ0) is 23.0. The topological polar surface area (TPSA) is 57.4 Å². The van der Waals surface area contributed by atoms with E-state index in [0.717, 1.165) is 55.8 Å². The van der Waals surface area contributed by atoms with Crippen LogP contribution in [-0.4, -0.2) is 40.7 Å². The first-order chi connectivity index (χ1) is 15.2. The molecule has 0 radical (unpaired) electrons. The Hall–Kier alpha value is -2.15. The van der Waals surface area contributed by atoms with Gasteiger partial charge in [-0.25, -0.2) is 13.6 Å². The number of unbranched alkanes of at least 4 members (excludes halogenated alkanes) is 1. The summed E-state index contributed by atoms with van der Waals surface area (Å²) in [6, 6.07) is 2.72. The van der Waals surface area contributed by atoms with Crippen molar-refractivity contribution in [3.63, 3.8) is 0 Å². The number of nitrogens with zero attached hydrogens (tertiary/aromatic N) is 1. The Kier molecular flexibility index (Phi) is 6.48. The number of aromatic nitrogens is 1. The number of halogens is 2. The molecule has 7 heteroatoms. The maximum absolute atomic E-state index is 14.5. The fourth-order valence-corrected chi connectivity index (χ4v) is 5.17. The van der Waals surface area contributed by atoms with Gasteiger partial charge in [0.05, 0.1) is 11.6 Å². The van der Waals surface area contributed by atoms with Crippen LogP contribution in [-0.2, 0) is 11.2 Å². The third-order valence-corrected chi connectivity index (χ3v) is 6.71. The van der Waals surface area contributed by atoms with Gasteiger partial charge in [0, 0.05) is 36.3 Å². The van der Waals surface area contributed by atoms with E-state index < -0.39 is 17.2 Å². The number of likely N-dealkylation sites (tertiary alicyclic amines) is 1. The summed E-state index contributed by atoms with van der Waals surface area (Å²) in [5.41, 5.74) is 1.90. The summed E-state index contributed by atoms with van der Waals surface area (Å²) >= 11 is 0. The van der Waals surface area contributed by atoms with Crippen molar-refractivity contribution < 1.29 is 18.3 Å². The van der Waals surface area contributed by atoms with Crippen molar-refractivity contribution in [1.29, 1.82) is 0 Å². The van der Waals surface area contributed by atoms with Crippen molar-refractivity contribution in [2.24, 2.45) is 5.92 Å². The van der Waals surface area contributed by atoms with Gasteiger partial charge in [0.2, 0.25) is 0 Å². The zero-order valence-corrected chi connectivity index (χ0v) is 19.6. The molecular formula is C25H35F2N3O2. The SMILES string of the molecule is CCCC[C@H]1Cc2c([nH]c3c(F)cc(F)cc23)[C@H](C2CCN(C(=O)OC(C)(C)C)CC2)N1. The van der Waals surface area contributed by atoms with Crippen LogP contribution in [0.25, 0.3) is 10.9 Å². The Balaban J connectivity index is 1.57. The minimum atomic E-state index is -0.544. The molecule has 176 valence electrons. The lowest BCUT2D eigenvalue weighted by Gasteiger charge is -2.40. The Bertz CT molecular complexity index is 974. The molecule has 0 unspecified atom stereocenters. The molecule has 5 nitrogen and oxygen atoms in total. The molecule has 0 bridgehead atoms. The van der Waals surface area contributed by atoms with Gasteiger partial charge in [-0.1, -0.05) is 19.8 Å². The molecule has 0 saturated carbocycles. The number of aromatic amines is 1. The lowest BCUT2D eigenvalue weighted by molar-refractivity contribution is 0.0164. The molecule has 2 aliphatic rings. The second-order valence-electron chi connectivity index (χ2n) is 10.3. The van der Waals surface area contributed by atoms with Gasteiger partial charge in [-0.3, -0.25) is 0 Å². The zero-order valence-electron chi connectivity index (χ0n) is 19.6. The molecule has 4 rings (SSSR count). The van der Waals surface area contributed by atoms with E-state index in [1.54, 1.807) is 4.90 Å². The van der Waals surface area contributed by atoms with Crippen LogP contribution in [0.3, 0.4) is 0 Å². The highest BCUT2D eigenvalue weighted by molar-refractivity contribution is 5.86. The Morgan fingerprint density at radius 2 is 1.94 bits per heavy atom. The summed E-state index contributed by atoms with van der Waals surface area (Å²) in [6.07, 6.45) is 5.44. The van der Waals surface area contributed by atoms with Gasteiger partial charge >= 0.3 is 6.09 Å². The van der Waals surface area contributed by atoms with Gasteiger partial charge in [-0.15, -0.1) is 0 Å². The summed E-state index contributed by atoms with van der Waals surface area (Å²) in [6.45, 7) is 9.07. The first kappa shape index (κ1) is 23.0. The molecular weight excluding hydrogens is 412 g/mol. The molecule has 3 heterocycles. The molecule has 0 spiro atoms. The van der Waals surface area contributed by atoms with E-state index in [0.29, 0.717) is 29.9 Å². The molecule has 32 heavy (non-hydrogen) atoms. The maximum atomic E-state index is 14.5. The summed E-state index contributed by atoms with van der Waals surface area (Å²) in [4.78, 5) is 17.5. The van der Waals surface area contributed by atoms with Crippen LogP contribution in [0.2, 0.25) is 0 Å². The smallest absolute Gasteiger partial charge is 0.410 e. The highest BCUT2D eigenvalue weighted by atomic mass is 19.1. The van der Waals surface area contributed by atoms with Crippen LogP contribution >= 0.6 is 0 Å². The number of hydrogen-bond donors (Lipinski definition) is 2. The normalized spacial score (nSPS) is 22.2. The van der Waals surface area contributed by atoms with Gasteiger partial charge in [-0.2, -0.15) is 0 Å². The molecule has 2 atom stereocenters. The molecule has 1 saturated heterocycles. The number of ether oxygens (including phenoxy) is 1. The standard InChI is InChI=1S/C25H35F2N3O2/c1-5-6-7-17-14-19-18-12-16(26)13-20(27)22(18)29-23(19)21(28-17)15-8-10-30(11-9-15)24(31)32-25(2,3)4/h12-13,15,17,21,28-29H,5-11,14H2,1-4H3/t17-,21-/m0/s1. The number of amides is 1. The number of carbonyl (C=O) groups excluding carboxylic acids is 1. The van der Waals surface area contributed by atoms with E-state index in [9.17, 15) is 13.6 Å². The van der Waals surface area contributed by atoms with Crippen LogP contribution in [0.5, 0.6) is 0 Å². The van der Waals surface area contributed by atoms with Crippen molar-refractivity contribution in [1.82, 2.24) is 15.2 Å². The van der Waals surface area contributed by atoms with Gasteiger partial charge in [0.1, 0.15) is 17.2 Å². The largest absolute Gasteiger partial charge is 0.444 e. The highest BCUT2D eigenvalue weighted by Gasteiger charge is 2.37. The van der Waals surface area contributed by atoms with Crippen molar-refractivity contribution in [3.8, 4) is 0 Å². The third-order valence-electron chi connectivity index (χ3n) is 6.71. The van der Waals surface area contributed by atoms with Crippen LogP contribution in [0.1, 0.15) is 77.1 Å². The van der Waals surface area contributed by atoms with Gasteiger partial charge in [0.25, 0.3) is 0 Å². The predicted octanol–water partition coefficient (Wildman–Crippen LogP) is 5.84. The second kappa shape index (κ2) is 9.00. The van der Waals surface area contributed by atoms with Crippen molar-refractivity contribution in [3.05, 3.63) is 35.0 Å². The van der Waals surface area contributed by atoms with E-state index in [-0.39, 0.29) is 18.2 Å². The quantitative estimate of drug-likeness (QED) is 0.619. The molecule has 1 amide bonds.